The van der Waals surface area contributed by atoms with Gasteiger partial charge in [-0.15, -0.1) is 0 Å². The lowest BCUT2D eigenvalue weighted by atomic mass is 10.1. The minimum Gasteiger partial charge on any atom is -0.346 e. The summed E-state index contributed by atoms with van der Waals surface area (Å²) in [4.78, 5) is 32.3. The zero-order valence-corrected chi connectivity index (χ0v) is 17.2. The molecule has 1 N–H and O–H groups in total. The summed E-state index contributed by atoms with van der Waals surface area (Å²) in [6.45, 7) is 6.51. The van der Waals surface area contributed by atoms with Crippen LogP contribution in [0.2, 0.25) is 0 Å². The van der Waals surface area contributed by atoms with Crippen LogP contribution in [0.15, 0.2) is 30.9 Å². The highest BCUT2D eigenvalue weighted by Gasteiger charge is 2.38. The molecule has 0 aliphatic carbocycles. The number of amides is 2. The van der Waals surface area contributed by atoms with Crippen molar-refractivity contribution in [3.8, 4) is 0 Å². The molecule has 8 heteroatoms. The lowest BCUT2D eigenvalue weighted by Gasteiger charge is -2.27. The van der Waals surface area contributed by atoms with Crippen LogP contribution >= 0.6 is 0 Å². The number of rotatable bonds is 4. The largest absolute Gasteiger partial charge is 0.346 e. The van der Waals surface area contributed by atoms with Crippen molar-refractivity contribution >= 4 is 17.3 Å². The number of hydrogen-bond acceptors (Lipinski definition) is 4. The van der Waals surface area contributed by atoms with Gasteiger partial charge >= 0.3 is 0 Å². The molecule has 0 radical (unpaired) electrons. The molecule has 2 amide bonds. The van der Waals surface area contributed by atoms with E-state index in [9.17, 15) is 9.59 Å². The Kier molecular flexibility index (Phi) is 4.86. The van der Waals surface area contributed by atoms with Crippen LogP contribution in [0, 0.1) is 13.8 Å². The van der Waals surface area contributed by atoms with Gasteiger partial charge in [-0.1, -0.05) is 6.92 Å². The van der Waals surface area contributed by atoms with Crippen LogP contribution in [-0.4, -0.2) is 54.5 Å². The number of likely N-dealkylation sites (tertiary alicyclic amines) is 1. The molecular formula is C21H26N6O2. The maximum absolute atomic E-state index is 13.3. The molecule has 0 unspecified atom stereocenters. The van der Waals surface area contributed by atoms with Crippen LogP contribution in [-0.2, 0) is 7.05 Å². The second-order valence-electron chi connectivity index (χ2n) is 7.73. The van der Waals surface area contributed by atoms with Crippen molar-refractivity contribution < 1.29 is 9.59 Å². The number of aromatic nitrogens is 4. The molecule has 152 valence electrons. The molecule has 4 rings (SSSR count). The predicted octanol–water partition coefficient (Wildman–Crippen LogP) is 2.11. The number of carbonyl (C=O) groups excluding carboxylic acids is 2. The Morgan fingerprint density at radius 3 is 2.79 bits per heavy atom. The summed E-state index contributed by atoms with van der Waals surface area (Å²) in [5.74, 6) is -0.235. The molecule has 4 heterocycles. The highest BCUT2D eigenvalue weighted by molar-refractivity contribution is 5.99. The molecule has 1 fully saturated rings. The van der Waals surface area contributed by atoms with Gasteiger partial charge < -0.3 is 14.6 Å². The van der Waals surface area contributed by atoms with E-state index in [1.807, 2.05) is 48.4 Å². The van der Waals surface area contributed by atoms with E-state index in [1.54, 1.807) is 24.3 Å². The van der Waals surface area contributed by atoms with Gasteiger partial charge in [-0.3, -0.25) is 14.3 Å². The highest BCUT2D eigenvalue weighted by atomic mass is 16.2. The van der Waals surface area contributed by atoms with Crippen molar-refractivity contribution in [2.24, 2.45) is 7.05 Å². The highest BCUT2D eigenvalue weighted by Crippen LogP contribution is 2.25. The van der Waals surface area contributed by atoms with Gasteiger partial charge in [0, 0.05) is 19.8 Å². The fourth-order valence-corrected chi connectivity index (χ4v) is 4.28. The molecule has 3 aromatic heterocycles. The minimum atomic E-state index is -0.150. The standard InChI is InChI=1S/C21H26N6O2/c1-5-16-15(24-20(28)19-14(3)11-23-25(19)4)7-9-27(16)21(29)18-17-10-13(2)6-8-26(17)12-22-18/h6,8,10-12,15-16H,5,7,9H2,1-4H3,(H,24,28)/t15-,16+/m0/s1. The van der Waals surface area contributed by atoms with Crippen LogP contribution in [0.1, 0.15) is 51.9 Å². The Labute approximate surface area is 169 Å². The Hall–Kier alpha value is -3.16. The Morgan fingerprint density at radius 2 is 2.10 bits per heavy atom. The fraction of sp³-hybridized carbons (Fsp3) is 0.429. The van der Waals surface area contributed by atoms with Gasteiger partial charge in [-0.2, -0.15) is 5.10 Å². The average Bonchev–Trinajstić information content (AvgIpc) is 3.37. The lowest BCUT2D eigenvalue weighted by Crippen LogP contribution is -2.47. The van der Waals surface area contributed by atoms with E-state index in [0.29, 0.717) is 17.9 Å². The first kappa shape index (κ1) is 19.2. The summed E-state index contributed by atoms with van der Waals surface area (Å²) in [6.07, 6.45) is 6.74. The zero-order valence-electron chi connectivity index (χ0n) is 17.2. The maximum Gasteiger partial charge on any atom is 0.275 e. The zero-order chi connectivity index (χ0) is 20.7. The van der Waals surface area contributed by atoms with E-state index in [0.717, 1.165) is 29.5 Å². The lowest BCUT2D eigenvalue weighted by molar-refractivity contribution is 0.0708. The second kappa shape index (κ2) is 7.35. The molecule has 0 aromatic carbocycles. The van der Waals surface area contributed by atoms with Gasteiger partial charge in [0.05, 0.1) is 23.8 Å². The topological polar surface area (TPSA) is 84.5 Å². The fourth-order valence-electron chi connectivity index (χ4n) is 4.28. The Morgan fingerprint density at radius 1 is 1.31 bits per heavy atom. The minimum absolute atomic E-state index is 0.0680. The number of nitrogens with one attached hydrogen (secondary N) is 1. The molecule has 0 bridgehead atoms. The van der Waals surface area contributed by atoms with E-state index in [-0.39, 0.29) is 23.9 Å². The molecule has 0 saturated carbocycles. The molecule has 1 aliphatic heterocycles. The third-order valence-electron chi connectivity index (χ3n) is 5.78. The number of nitrogens with zero attached hydrogens (tertiary/aromatic N) is 5. The van der Waals surface area contributed by atoms with Crippen molar-refractivity contribution in [1.29, 1.82) is 0 Å². The number of pyridine rings is 1. The van der Waals surface area contributed by atoms with E-state index in [2.05, 4.69) is 15.4 Å². The number of fused-ring (bicyclic) bond motifs is 1. The molecule has 3 aromatic rings. The smallest absolute Gasteiger partial charge is 0.275 e. The first-order valence-corrected chi connectivity index (χ1v) is 9.94. The van der Waals surface area contributed by atoms with Crippen molar-refractivity contribution in [2.45, 2.75) is 45.7 Å². The quantitative estimate of drug-likeness (QED) is 0.735. The monoisotopic (exact) mass is 394 g/mol. The third kappa shape index (κ3) is 3.28. The molecule has 8 nitrogen and oxygen atoms in total. The van der Waals surface area contributed by atoms with Crippen LogP contribution < -0.4 is 5.32 Å². The molecule has 1 aliphatic rings. The molecule has 2 atom stereocenters. The van der Waals surface area contributed by atoms with Crippen molar-refractivity contribution in [3.05, 3.63) is 53.4 Å². The van der Waals surface area contributed by atoms with Crippen molar-refractivity contribution in [2.75, 3.05) is 6.54 Å². The summed E-state index contributed by atoms with van der Waals surface area (Å²) in [6, 6.07) is 3.80. The van der Waals surface area contributed by atoms with Gasteiger partial charge in [0.25, 0.3) is 11.8 Å². The van der Waals surface area contributed by atoms with Gasteiger partial charge in [0.1, 0.15) is 12.0 Å². The van der Waals surface area contributed by atoms with Crippen LogP contribution in [0.3, 0.4) is 0 Å². The normalized spacial score (nSPS) is 19.1. The van der Waals surface area contributed by atoms with Gasteiger partial charge in [-0.25, -0.2) is 4.98 Å². The summed E-state index contributed by atoms with van der Waals surface area (Å²) in [5, 5.41) is 7.27. The number of hydrogen-bond donors (Lipinski definition) is 1. The van der Waals surface area contributed by atoms with E-state index >= 15 is 0 Å². The second-order valence-corrected chi connectivity index (χ2v) is 7.73. The van der Waals surface area contributed by atoms with E-state index in [1.165, 1.54) is 0 Å². The number of aryl methyl sites for hydroxylation is 3. The Balaban J connectivity index is 1.55. The van der Waals surface area contributed by atoms with Gasteiger partial charge in [0.15, 0.2) is 5.69 Å². The van der Waals surface area contributed by atoms with Crippen LogP contribution in [0.25, 0.3) is 5.52 Å². The third-order valence-corrected chi connectivity index (χ3v) is 5.78. The molecule has 0 spiro atoms. The van der Waals surface area contributed by atoms with Crippen molar-refractivity contribution in [1.82, 2.24) is 29.4 Å². The first-order chi connectivity index (χ1) is 13.9. The maximum atomic E-state index is 13.3. The number of carbonyl (C=O) groups is 2. The van der Waals surface area contributed by atoms with Crippen molar-refractivity contribution in [3.63, 3.8) is 0 Å². The molecule has 1 saturated heterocycles. The SMILES string of the molecule is CC[C@@H]1[C@@H](NC(=O)c2c(C)cnn2C)CCN1C(=O)c1ncn2ccc(C)cc12. The summed E-state index contributed by atoms with van der Waals surface area (Å²) < 4.78 is 3.45. The Bertz CT molecular complexity index is 1060. The van der Waals surface area contributed by atoms with Crippen LogP contribution in [0.4, 0.5) is 0 Å². The predicted molar refractivity (Wildman–Crippen MR) is 109 cm³/mol. The van der Waals surface area contributed by atoms with E-state index in [4.69, 9.17) is 0 Å². The number of imidazole rings is 1. The average molecular weight is 394 g/mol. The van der Waals surface area contributed by atoms with Gasteiger partial charge in [-0.05, 0) is 49.9 Å². The van der Waals surface area contributed by atoms with Gasteiger partial charge in [0.2, 0.25) is 0 Å². The van der Waals surface area contributed by atoms with E-state index < -0.39 is 0 Å². The summed E-state index contributed by atoms with van der Waals surface area (Å²) >= 11 is 0. The van der Waals surface area contributed by atoms with Crippen LogP contribution in [0.5, 0.6) is 0 Å². The molecular weight excluding hydrogens is 368 g/mol. The molecule has 29 heavy (non-hydrogen) atoms. The summed E-state index contributed by atoms with van der Waals surface area (Å²) in [7, 11) is 1.76. The summed E-state index contributed by atoms with van der Waals surface area (Å²) in [5.41, 5.74) is 3.74. The first-order valence-electron chi connectivity index (χ1n) is 9.94.